The predicted octanol–water partition coefficient (Wildman–Crippen LogP) is 6.44. The second kappa shape index (κ2) is 12.0. The number of benzene rings is 3. The van der Waals surface area contributed by atoms with Gasteiger partial charge in [0.25, 0.3) is 5.91 Å². The summed E-state index contributed by atoms with van der Waals surface area (Å²) in [4.78, 5) is 35.0. The lowest BCUT2D eigenvalue weighted by molar-refractivity contribution is -0.114. The molecule has 2 atom stereocenters. The fraction of sp³-hybridized carbons (Fsp3) is 0.432. The summed E-state index contributed by atoms with van der Waals surface area (Å²) < 4.78 is 2.50. The monoisotopic (exact) mass is 605 g/mol. The van der Waals surface area contributed by atoms with Crippen LogP contribution in [-0.4, -0.2) is 68.0 Å². The van der Waals surface area contributed by atoms with Crippen molar-refractivity contribution in [1.82, 2.24) is 19.4 Å². The van der Waals surface area contributed by atoms with Crippen LogP contribution in [-0.2, 0) is 10.2 Å². The van der Waals surface area contributed by atoms with Crippen LogP contribution in [0.15, 0.2) is 72.8 Å². The van der Waals surface area contributed by atoms with Crippen molar-refractivity contribution in [2.45, 2.75) is 82.3 Å². The Labute approximate surface area is 265 Å². The zero-order valence-electron chi connectivity index (χ0n) is 26.3. The molecule has 2 amide bonds. The molecule has 0 radical (unpaired) electrons. The van der Waals surface area contributed by atoms with E-state index in [0.717, 1.165) is 50.0 Å². The Bertz CT molecular complexity index is 1690. The van der Waals surface area contributed by atoms with Crippen molar-refractivity contribution in [2.24, 2.45) is 0 Å². The van der Waals surface area contributed by atoms with E-state index in [2.05, 4.69) is 76.3 Å². The molecular formula is C37H43N5O3. The van der Waals surface area contributed by atoms with Crippen molar-refractivity contribution in [3.05, 3.63) is 89.7 Å². The van der Waals surface area contributed by atoms with Crippen LogP contribution in [0, 0.1) is 6.92 Å². The predicted molar refractivity (Wildman–Crippen MR) is 177 cm³/mol. The van der Waals surface area contributed by atoms with Crippen LogP contribution >= 0.6 is 0 Å². The number of imidazole rings is 1. The van der Waals surface area contributed by atoms with Gasteiger partial charge < -0.3 is 19.9 Å². The standard InChI is InChI=1S/C37H43N5O3/c1-25-38-31-11-6-7-13-33(31)42(25)30-23-28-15-16-29(24-30)41(28)22-19-37(27-9-4-3-5-10-27)17-20-40(21-18-37)36(45)35-32(39-26(2)43)12-8-14-34(35)44/h3-14,28-30,44H,15-24H2,1-2H3,(H,39,43). The smallest absolute Gasteiger partial charge is 0.259 e. The Hall–Kier alpha value is -4.17. The number of likely N-dealkylation sites (tertiary alicyclic amines) is 1. The van der Waals surface area contributed by atoms with Gasteiger partial charge in [0.2, 0.25) is 5.91 Å². The van der Waals surface area contributed by atoms with E-state index in [0.29, 0.717) is 36.9 Å². The lowest BCUT2D eigenvalue weighted by Gasteiger charge is -2.45. The lowest BCUT2D eigenvalue weighted by atomic mass is 9.70. The Morgan fingerprint density at radius 3 is 2.31 bits per heavy atom. The molecule has 4 heterocycles. The van der Waals surface area contributed by atoms with Gasteiger partial charge in [-0.25, -0.2) is 4.98 Å². The maximum atomic E-state index is 13.7. The van der Waals surface area contributed by atoms with Crippen LogP contribution in [0.25, 0.3) is 11.0 Å². The third-order valence-corrected chi connectivity index (χ3v) is 10.8. The molecule has 3 saturated heterocycles. The molecule has 0 spiro atoms. The fourth-order valence-corrected chi connectivity index (χ4v) is 8.62. The number of aromatic nitrogens is 2. The molecule has 7 rings (SSSR count). The highest BCUT2D eigenvalue weighted by molar-refractivity contribution is 6.05. The van der Waals surface area contributed by atoms with Gasteiger partial charge in [-0.15, -0.1) is 0 Å². The van der Waals surface area contributed by atoms with Gasteiger partial charge in [-0.3, -0.25) is 14.5 Å². The number of carbonyl (C=O) groups excluding carboxylic acids is 2. The molecule has 8 nitrogen and oxygen atoms in total. The molecule has 2 N–H and O–H groups in total. The number of hydrogen-bond acceptors (Lipinski definition) is 5. The Morgan fingerprint density at radius 2 is 1.60 bits per heavy atom. The van der Waals surface area contributed by atoms with Crippen molar-refractivity contribution >= 4 is 28.5 Å². The quantitative estimate of drug-likeness (QED) is 0.253. The number of aromatic hydroxyl groups is 1. The van der Waals surface area contributed by atoms with E-state index in [9.17, 15) is 14.7 Å². The topological polar surface area (TPSA) is 90.7 Å². The molecule has 3 aliphatic rings. The van der Waals surface area contributed by atoms with Gasteiger partial charge in [-0.2, -0.15) is 0 Å². The van der Waals surface area contributed by atoms with Crippen molar-refractivity contribution < 1.29 is 14.7 Å². The van der Waals surface area contributed by atoms with Crippen LogP contribution in [0.3, 0.4) is 0 Å². The van der Waals surface area contributed by atoms with Crippen LogP contribution < -0.4 is 5.32 Å². The largest absolute Gasteiger partial charge is 0.507 e. The highest BCUT2D eigenvalue weighted by Crippen LogP contribution is 2.45. The number of nitrogens with zero attached hydrogens (tertiary/aromatic N) is 4. The van der Waals surface area contributed by atoms with Gasteiger partial charge in [-0.05, 0) is 93.7 Å². The van der Waals surface area contributed by atoms with Gasteiger partial charge >= 0.3 is 0 Å². The van der Waals surface area contributed by atoms with Crippen LogP contribution in [0.5, 0.6) is 5.75 Å². The van der Waals surface area contributed by atoms with E-state index in [4.69, 9.17) is 4.98 Å². The van der Waals surface area contributed by atoms with E-state index < -0.39 is 0 Å². The van der Waals surface area contributed by atoms with Gasteiger partial charge in [0.1, 0.15) is 17.1 Å². The minimum absolute atomic E-state index is 0.0232. The molecule has 2 bridgehead atoms. The number of carbonyl (C=O) groups is 2. The maximum absolute atomic E-state index is 13.7. The first kappa shape index (κ1) is 29.5. The van der Waals surface area contributed by atoms with Gasteiger partial charge in [0.15, 0.2) is 0 Å². The van der Waals surface area contributed by atoms with E-state index in [1.54, 1.807) is 12.1 Å². The van der Waals surface area contributed by atoms with Crippen LogP contribution in [0.2, 0.25) is 0 Å². The summed E-state index contributed by atoms with van der Waals surface area (Å²) in [6.45, 7) is 5.81. The summed E-state index contributed by atoms with van der Waals surface area (Å²) in [7, 11) is 0. The molecule has 8 heteroatoms. The summed E-state index contributed by atoms with van der Waals surface area (Å²) in [5.41, 5.74) is 4.19. The number of fused-ring (bicyclic) bond motifs is 3. The first-order chi connectivity index (χ1) is 21.8. The van der Waals surface area contributed by atoms with Crippen LogP contribution in [0.4, 0.5) is 5.69 Å². The number of para-hydroxylation sites is 2. The van der Waals surface area contributed by atoms with E-state index in [-0.39, 0.29) is 28.5 Å². The average Bonchev–Trinajstić information content (AvgIpc) is 3.50. The molecule has 3 fully saturated rings. The number of phenolic OH excluding ortho intramolecular Hbond substituents is 1. The van der Waals surface area contributed by atoms with Crippen molar-refractivity contribution in [3.63, 3.8) is 0 Å². The van der Waals surface area contributed by atoms with E-state index >= 15 is 0 Å². The fourth-order valence-electron chi connectivity index (χ4n) is 8.62. The third-order valence-electron chi connectivity index (χ3n) is 10.8. The minimum Gasteiger partial charge on any atom is -0.507 e. The molecule has 1 aromatic heterocycles. The molecule has 234 valence electrons. The maximum Gasteiger partial charge on any atom is 0.259 e. The normalized spacial score (nSPS) is 22.9. The summed E-state index contributed by atoms with van der Waals surface area (Å²) in [6, 6.07) is 25.8. The van der Waals surface area contributed by atoms with Gasteiger partial charge in [-0.1, -0.05) is 48.5 Å². The number of rotatable bonds is 7. The number of aryl methyl sites for hydroxylation is 1. The highest BCUT2D eigenvalue weighted by atomic mass is 16.3. The van der Waals surface area contributed by atoms with E-state index in [1.807, 2.05) is 4.90 Å². The first-order valence-electron chi connectivity index (χ1n) is 16.5. The first-order valence-corrected chi connectivity index (χ1v) is 16.5. The third kappa shape index (κ3) is 5.50. The van der Waals surface area contributed by atoms with Crippen molar-refractivity contribution in [2.75, 3.05) is 25.0 Å². The van der Waals surface area contributed by atoms with Gasteiger partial charge in [0.05, 0.1) is 16.7 Å². The minimum atomic E-state index is -0.275. The van der Waals surface area contributed by atoms with E-state index in [1.165, 1.54) is 36.9 Å². The number of piperidine rings is 2. The average molecular weight is 606 g/mol. The number of hydrogen-bond donors (Lipinski definition) is 2. The zero-order chi connectivity index (χ0) is 31.1. The number of amides is 2. The number of anilines is 1. The molecule has 2 unspecified atom stereocenters. The van der Waals surface area contributed by atoms with Crippen molar-refractivity contribution in [1.29, 1.82) is 0 Å². The Morgan fingerprint density at radius 1 is 0.911 bits per heavy atom. The SMILES string of the molecule is CC(=O)Nc1cccc(O)c1C(=O)N1CCC(CCN2C3CCC2CC(n2c(C)nc4ccccc42)C3)(c2ccccc2)CC1. The molecule has 3 aromatic carbocycles. The zero-order valence-corrected chi connectivity index (χ0v) is 26.3. The second-order valence-corrected chi connectivity index (χ2v) is 13.3. The summed E-state index contributed by atoms with van der Waals surface area (Å²) >= 11 is 0. The summed E-state index contributed by atoms with van der Waals surface area (Å²) in [6.07, 6.45) is 7.60. The second-order valence-electron chi connectivity index (χ2n) is 13.3. The lowest BCUT2D eigenvalue weighted by Crippen LogP contribution is -2.49. The molecular weight excluding hydrogens is 562 g/mol. The van der Waals surface area contributed by atoms with Crippen molar-refractivity contribution in [3.8, 4) is 5.75 Å². The molecule has 0 aliphatic carbocycles. The van der Waals surface area contributed by atoms with Crippen LogP contribution in [0.1, 0.15) is 79.7 Å². The summed E-state index contributed by atoms with van der Waals surface area (Å²) in [5, 5.41) is 13.3. The Kier molecular flexibility index (Phi) is 7.86. The molecule has 0 saturated carbocycles. The van der Waals surface area contributed by atoms with Gasteiger partial charge in [0, 0.05) is 38.1 Å². The molecule has 45 heavy (non-hydrogen) atoms. The molecule has 4 aromatic rings. The highest BCUT2D eigenvalue weighted by Gasteiger charge is 2.44. The number of phenols is 1. The Balaban J connectivity index is 1.07. The summed E-state index contributed by atoms with van der Waals surface area (Å²) in [5.74, 6) is 0.499. The number of nitrogens with one attached hydrogen (secondary N) is 1. The molecule has 3 aliphatic heterocycles.